The smallest absolute Gasteiger partial charge is 0.491 e. The Bertz CT molecular complexity index is 571. The Morgan fingerprint density at radius 1 is 1.29 bits per heavy atom. The van der Waals surface area contributed by atoms with Crippen LogP contribution in [0.2, 0.25) is 0 Å². The van der Waals surface area contributed by atoms with Crippen molar-refractivity contribution >= 4 is 19.2 Å². The zero-order valence-electron chi connectivity index (χ0n) is 13.9. The molecule has 0 aliphatic carbocycles. The molecule has 0 saturated carbocycles. The summed E-state index contributed by atoms with van der Waals surface area (Å²) in [5, 5.41) is 29.1. The average molecular weight is 339 g/mol. The van der Waals surface area contributed by atoms with Gasteiger partial charge in [0.25, 0.3) is 0 Å². The van der Waals surface area contributed by atoms with Crippen molar-refractivity contribution in [3.05, 3.63) is 29.8 Å². The summed E-state index contributed by atoms with van der Waals surface area (Å²) >= 11 is 0. The summed E-state index contributed by atoms with van der Waals surface area (Å²) < 4.78 is 10.2. The van der Waals surface area contributed by atoms with E-state index < -0.39 is 30.8 Å². The first-order valence-corrected chi connectivity index (χ1v) is 7.37. The van der Waals surface area contributed by atoms with Crippen LogP contribution in [0.4, 0.5) is 4.79 Å². The van der Waals surface area contributed by atoms with Gasteiger partial charge in [-0.15, -0.1) is 0 Å². The number of hydrogen-bond donors (Lipinski definition) is 4. The van der Waals surface area contributed by atoms with Crippen LogP contribution in [0.25, 0.3) is 0 Å². The highest BCUT2D eigenvalue weighted by Gasteiger charge is 2.24. The Kier molecular flexibility index (Phi) is 7.06. The third-order valence-electron chi connectivity index (χ3n) is 2.73. The number of ether oxygens (including phenoxy) is 2. The molecule has 4 N–H and O–H groups in total. The molecular formula is C15H22BNO7. The largest absolute Gasteiger partial charge is 0.496 e. The van der Waals surface area contributed by atoms with Crippen LogP contribution in [-0.4, -0.2) is 52.5 Å². The maximum atomic E-state index is 11.7. The highest BCUT2D eigenvalue weighted by Crippen LogP contribution is 2.15. The van der Waals surface area contributed by atoms with Crippen LogP contribution < -0.4 is 10.1 Å². The summed E-state index contributed by atoms with van der Waals surface area (Å²) in [6, 6.07) is 5.31. The van der Waals surface area contributed by atoms with E-state index in [0.717, 1.165) is 0 Å². The van der Waals surface area contributed by atoms with Crippen molar-refractivity contribution in [1.29, 1.82) is 0 Å². The Balaban J connectivity index is 2.73. The Labute approximate surface area is 140 Å². The van der Waals surface area contributed by atoms with Crippen molar-refractivity contribution in [3.8, 4) is 5.75 Å². The average Bonchev–Trinajstić information content (AvgIpc) is 2.42. The van der Waals surface area contributed by atoms with Crippen LogP contribution in [-0.2, 0) is 16.0 Å². The lowest BCUT2D eigenvalue weighted by Crippen LogP contribution is -2.44. The fraction of sp³-hybridized carbons (Fsp3) is 0.467. The van der Waals surface area contributed by atoms with Gasteiger partial charge in [0.2, 0.25) is 0 Å². The van der Waals surface area contributed by atoms with E-state index in [1.807, 2.05) is 0 Å². The molecule has 0 fully saturated rings. The fourth-order valence-electron chi connectivity index (χ4n) is 1.82. The first-order valence-electron chi connectivity index (χ1n) is 7.37. The predicted octanol–water partition coefficient (Wildman–Crippen LogP) is 0.598. The molecule has 1 unspecified atom stereocenters. The van der Waals surface area contributed by atoms with Gasteiger partial charge in [-0.3, -0.25) is 0 Å². The topological polar surface area (TPSA) is 125 Å². The fourth-order valence-corrected chi connectivity index (χ4v) is 1.82. The number of carboxylic acid groups (broad SMARTS) is 1. The van der Waals surface area contributed by atoms with Crippen molar-refractivity contribution in [2.24, 2.45) is 0 Å². The van der Waals surface area contributed by atoms with Crippen molar-refractivity contribution in [2.45, 2.75) is 38.8 Å². The maximum absolute atomic E-state index is 11.7. The van der Waals surface area contributed by atoms with Gasteiger partial charge in [-0.2, -0.15) is 0 Å². The number of rotatable bonds is 7. The number of carbonyl (C=O) groups is 2. The summed E-state index contributed by atoms with van der Waals surface area (Å²) in [5.41, 5.74) is -0.130. The minimum Gasteiger partial charge on any atom is -0.496 e. The van der Waals surface area contributed by atoms with Gasteiger partial charge in [0, 0.05) is 6.42 Å². The summed E-state index contributed by atoms with van der Waals surface area (Å²) in [6.07, 6.45) is -0.793. The van der Waals surface area contributed by atoms with Crippen molar-refractivity contribution in [3.63, 3.8) is 0 Å². The van der Waals surface area contributed by atoms with Gasteiger partial charge in [-0.25, -0.2) is 9.59 Å². The third kappa shape index (κ3) is 7.84. The van der Waals surface area contributed by atoms with Crippen molar-refractivity contribution in [1.82, 2.24) is 5.32 Å². The molecule has 0 aliphatic rings. The lowest BCUT2D eigenvalue weighted by atomic mass is 9.95. The van der Waals surface area contributed by atoms with Crippen LogP contribution in [0.1, 0.15) is 26.3 Å². The number of carbonyl (C=O) groups excluding carboxylic acids is 1. The molecule has 0 bridgehead atoms. The number of benzene rings is 1. The molecule has 1 rings (SSSR count). The molecule has 24 heavy (non-hydrogen) atoms. The van der Waals surface area contributed by atoms with Gasteiger partial charge < -0.3 is 29.9 Å². The molecule has 0 spiro atoms. The Morgan fingerprint density at radius 3 is 2.50 bits per heavy atom. The first-order chi connectivity index (χ1) is 11.1. The predicted molar refractivity (Wildman–Crippen MR) is 86.6 cm³/mol. The molecule has 1 aromatic carbocycles. The van der Waals surface area contributed by atoms with Gasteiger partial charge in [0.05, 0.1) is 0 Å². The lowest BCUT2D eigenvalue weighted by molar-refractivity contribution is -0.139. The Morgan fingerprint density at radius 2 is 1.96 bits per heavy atom. The molecule has 132 valence electrons. The normalized spacial score (nSPS) is 12.2. The van der Waals surface area contributed by atoms with E-state index >= 15 is 0 Å². The molecular weight excluding hydrogens is 317 g/mol. The zero-order chi connectivity index (χ0) is 18.3. The molecule has 0 aliphatic heterocycles. The van der Waals surface area contributed by atoms with Gasteiger partial charge in [-0.1, -0.05) is 12.1 Å². The second-order valence-corrected chi connectivity index (χ2v) is 6.18. The lowest BCUT2D eigenvalue weighted by Gasteiger charge is -2.22. The highest BCUT2D eigenvalue weighted by atomic mass is 16.6. The number of hydrogen-bond acceptors (Lipinski definition) is 6. The minimum atomic E-state index is -1.60. The zero-order valence-corrected chi connectivity index (χ0v) is 13.9. The van der Waals surface area contributed by atoms with Crippen LogP contribution in [0, 0.1) is 0 Å². The molecule has 0 aromatic heterocycles. The number of carboxylic acids is 1. The Hall–Kier alpha value is -2.26. The third-order valence-corrected chi connectivity index (χ3v) is 2.73. The van der Waals surface area contributed by atoms with Gasteiger partial charge >= 0.3 is 19.2 Å². The first kappa shape index (κ1) is 19.8. The maximum Gasteiger partial charge on any atom is 0.491 e. The van der Waals surface area contributed by atoms with Gasteiger partial charge in [0.15, 0.2) is 0 Å². The standard InChI is InChI=1S/C15H22BNO7/c1-15(2,3)24-14(20)17-12(13(18)19)8-10-5-4-6-11(7-10)23-9-16(21)22/h4-7,12,21-22H,8-9H2,1-3H3,(H,17,20)(H,18,19). The van der Waals surface area contributed by atoms with Crippen LogP contribution in [0.5, 0.6) is 5.75 Å². The van der Waals surface area contributed by atoms with Crippen molar-refractivity contribution < 1.29 is 34.2 Å². The molecule has 9 heteroatoms. The van der Waals surface area contributed by atoms with Gasteiger partial charge in [0.1, 0.15) is 23.9 Å². The number of aliphatic carboxylic acids is 1. The van der Waals surface area contributed by atoms with Crippen LogP contribution in [0.3, 0.4) is 0 Å². The van der Waals surface area contributed by atoms with E-state index in [4.69, 9.17) is 19.5 Å². The molecule has 0 saturated heterocycles. The number of nitrogens with one attached hydrogen (secondary N) is 1. The van der Waals surface area contributed by atoms with E-state index in [1.165, 1.54) is 0 Å². The summed E-state index contributed by atoms with van der Waals surface area (Å²) in [4.78, 5) is 23.1. The molecule has 1 atom stereocenters. The second-order valence-electron chi connectivity index (χ2n) is 6.18. The highest BCUT2D eigenvalue weighted by molar-refractivity contribution is 6.40. The number of alkyl carbamates (subject to hydrolysis) is 1. The summed E-state index contributed by atoms with van der Waals surface area (Å²) in [7, 11) is -1.60. The minimum absolute atomic E-state index is 0.0213. The van der Waals surface area contributed by atoms with E-state index in [0.29, 0.717) is 11.3 Å². The summed E-state index contributed by atoms with van der Waals surface area (Å²) in [5.74, 6) is -0.833. The SMILES string of the molecule is CC(C)(C)OC(=O)NC(Cc1cccc(OCB(O)O)c1)C(=O)O. The van der Waals surface area contributed by atoms with Crippen molar-refractivity contribution in [2.75, 3.05) is 6.51 Å². The molecule has 1 amide bonds. The quantitative estimate of drug-likeness (QED) is 0.536. The molecule has 0 heterocycles. The summed E-state index contributed by atoms with van der Waals surface area (Å²) in [6.45, 7) is 4.73. The second kappa shape index (κ2) is 8.56. The van der Waals surface area contributed by atoms with Crippen LogP contribution in [0.15, 0.2) is 24.3 Å². The van der Waals surface area contributed by atoms with E-state index in [1.54, 1.807) is 45.0 Å². The van der Waals surface area contributed by atoms with E-state index in [-0.39, 0.29) is 12.9 Å². The number of amides is 1. The molecule has 0 radical (unpaired) electrons. The van der Waals surface area contributed by atoms with E-state index in [9.17, 15) is 14.7 Å². The molecule has 8 nitrogen and oxygen atoms in total. The van der Waals surface area contributed by atoms with E-state index in [2.05, 4.69) is 5.32 Å². The molecule has 1 aromatic rings. The monoisotopic (exact) mass is 339 g/mol. The van der Waals surface area contributed by atoms with Crippen LogP contribution >= 0.6 is 0 Å². The van der Waals surface area contributed by atoms with Gasteiger partial charge in [-0.05, 0) is 38.5 Å².